The number of hydrogen-bond donors (Lipinski definition) is 1. The standard InChI is InChI=1S/C13H22N2O3S/c1-3-7-19(16,17)8-6-18-13-5-4-12(15-10-13)9-11(2)14/h4-5,10-11H,3,6-9,14H2,1-2H3. The van der Waals surface area contributed by atoms with Gasteiger partial charge in [0.05, 0.1) is 17.7 Å². The van der Waals surface area contributed by atoms with Crippen molar-refractivity contribution in [3.8, 4) is 5.75 Å². The Balaban J connectivity index is 2.42. The van der Waals surface area contributed by atoms with Gasteiger partial charge in [0, 0.05) is 18.2 Å². The highest BCUT2D eigenvalue weighted by atomic mass is 32.2. The van der Waals surface area contributed by atoms with E-state index in [1.54, 1.807) is 12.3 Å². The van der Waals surface area contributed by atoms with Crippen molar-refractivity contribution in [3.05, 3.63) is 24.0 Å². The monoisotopic (exact) mass is 286 g/mol. The zero-order valence-corrected chi connectivity index (χ0v) is 12.3. The molecular formula is C13H22N2O3S. The summed E-state index contributed by atoms with van der Waals surface area (Å²) in [5, 5.41) is 0. The summed E-state index contributed by atoms with van der Waals surface area (Å²) in [6, 6.07) is 3.70. The first-order chi connectivity index (χ1) is 8.93. The van der Waals surface area contributed by atoms with Crippen LogP contribution in [0.1, 0.15) is 26.0 Å². The van der Waals surface area contributed by atoms with Gasteiger partial charge in [-0.3, -0.25) is 4.98 Å². The van der Waals surface area contributed by atoms with Gasteiger partial charge in [0.25, 0.3) is 0 Å². The molecule has 0 saturated heterocycles. The van der Waals surface area contributed by atoms with Crippen molar-refractivity contribution in [2.24, 2.45) is 5.73 Å². The summed E-state index contributed by atoms with van der Waals surface area (Å²) in [7, 11) is -2.99. The first-order valence-electron chi connectivity index (χ1n) is 6.46. The second-order valence-corrected chi connectivity index (χ2v) is 6.97. The Bertz CT molecular complexity index is 469. The van der Waals surface area contributed by atoms with Crippen LogP contribution in [0.25, 0.3) is 0 Å². The van der Waals surface area contributed by atoms with E-state index < -0.39 is 9.84 Å². The molecule has 2 N–H and O–H groups in total. The minimum absolute atomic E-state index is 0.0441. The molecule has 1 heterocycles. The average molecular weight is 286 g/mol. The number of hydrogen-bond acceptors (Lipinski definition) is 5. The Morgan fingerprint density at radius 1 is 1.37 bits per heavy atom. The third-order valence-corrected chi connectivity index (χ3v) is 4.33. The second kappa shape index (κ2) is 7.45. The van der Waals surface area contributed by atoms with Crippen LogP contribution < -0.4 is 10.5 Å². The van der Waals surface area contributed by atoms with E-state index in [2.05, 4.69) is 4.98 Å². The largest absolute Gasteiger partial charge is 0.491 e. The van der Waals surface area contributed by atoms with E-state index in [-0.39, 0.29) is 24.2 Å². The van der Waals surface area contributed by atoms with Crippen molar-refractivity contribution in [1.29, 1.82) is 0 Å². The van der Waals surface area contributed by atoms with Crippen molar-refractivity contribution in [2.45, 2.75) is 32.7 Å². The number of ether oxygens (including phenoxy) is 1. The Morgan fingerprint density at radius 2 is 2.11 bits per heavy atom. The lowest BCUT2D eigenvalue weighted by Crippen LogP contribution is -2.18. The molecule has 0 saturated carbocycles. The van der Waals surface area contributed by atoms with Crippen LogP contribution in [0.15, 0.2) is 18.3 Å². The molecule has 6 heteroatoms. The number of nitrogens with two attached hydrogens (primary N) is 1. The molecule has 0 spiro atoms. The van der Waals surface area contributed by atoms with Crippen molar-refractivity contribution in [2.75, 3.05) is 18.1 Å². The van der Waals surface area contributed by atoms with Gasteiger partial charge in [-0.1, -0.05) is 6.92 Å². The number of nitrogens with zero attached hydrogens (tertiary/aromatic N) is 1. The van der Waals surface area contributed by atoms with Crippen LogP contribution in [0.4, 0.5) is 0 Å². The predicted octanol–water partition coefficient (Wildman–Crippen LogP) is 1.17. The van der Waals surface area contributed by atoms with Gasteiger partial charge in [0.15, 0.2) is 9.84 Å². The lowest BCUT2D eigenvalue weighted by atomic mass is 10.2. The van der Waals surface area contributed by atoms with E-state index in [0.29, 0.717) is 18.6 Å². The van der Waals surface area contributed by atoms with Crippen molar-refractivity contribution < 1.29 is 13.2 Å². The van der Waals surface area contributed by atoms with Crippen molar-refractivity contribution in [3.63, 3.8) is 0 Å². The molecule has 0 amide bonds. The van der Waals surface area contributed by atoms with Gasteiger partial charge < -0.3 is 10.5 Å². The lowest BCUT2D eigenvalue weighted by Gasteiger charge is -2.08. The molecule has 0 aliphatic heterocycles. The van der Waals surface area contributed by atoms with Crippen LogP contribution in [0, 0.1) is 0 Å². The van der Waals surface area contributed by atoms with Gasteiger partial charge in [0.2, 0.25) is 0 Å². The molecule has 19 heavy (non-hydrogen) atoms. The molecule has 0 radical (unpaired) electrons. The fourth-order valence-corrected chi connectivity index (χ4v) is 2.81. The van der Waals surface area contributed by atoms with Crippen LogP contribution in [-0.4, -0.2) is 37.6 Å². The van der Waals surface area contributed by atoms with E-state index in [0.717, 1.165) is 5.69 Å². The number of aromatic nitrogens is 1. The van der Waals surface area contributed by atoms with Crippen LogP contribution in [-0.2, 0) is 16.3 Å². The highest BCUT2D eigenvalue weighted by molar-refractivity contribution is 7.91. The first kappa shape index (κ1) is 15.9. The van der Waals surface area contributed by atoms with Crippen molar-refractivity contribution in [1.82, 2.24) is 4.98 Å². The number of pyridine rings is 1. The normalized spacial score (nSPS) is 13.2. The van der Waals surface area contributed by atoms with Gasteiger partial charge in [0.1, 0.15) is 12.4 Å². The van der Waals surface area contributed by atoms with Gasteiger partial charge in [-0.2, -0.15) is 0 Å². The smallest absolute Gasteiger partial charge is 0.153 e. The Morgan fingerprint density at radius 3 is 2.63 bits per heavy atom. The van der Waals surface area contributed by atoms with Crippen LogP contribution in [0.3, 0.4) is 0 Å². The minimum Gasteiger partial charge on any atom is -0.491 e. The maximum atomic E-state index is 11.5. The Kier molecular flexibility index (Phi) is 6.24. The quantitative estimate of drug-likeness (QED) is 0.776. The van der Waals surface area contributed by atoms with E-state index in [4.69, 9.17) is 10.5 Å². The maximum Gasteiger partial charge on any atom is 0.153 e. The molecule has 108 valence electrons. The Labute approximate surface area is 115 Å². The summed E-state index contributed by atoms with van der Waals surface area (Å²) in [4.78, 5) is 4.22. The molecule has 1 atom stereocenters. The topological polar surface area (TPSA) is 82.3 Å². The van der Waals surface area contributed by atoms with Crippen molar-refractivity contribution >= 4 is 9.84 Å². The van der Waals surface area contributed by atoms with Gasteiger partial charge in [-0.25, -0.2) is 8.42 Å². The molecule has 5 nitrogen and oxygen atoms in total. The third kappa shape index (κ3) is 6.54. The molecule has 0 aliphatic rings. The second-order valence-electron chi connectivity index (χ2n) is 4.67. The zero-order chi connectivity index (χ0) is 14.3. The van der Waals surface area contributed by atoms with E-state index in [9.17, 15) is 8.42 Å². The third-order valence-electron chi connectivity index (χ3n) is 2.51. The first-order valence-corrected chi connectivity index (χ1v) is 8.29. The minimum atomic E-state index is -2.99. The average Bonchev–Trinajstić information content (AvgIpc) is 2.30. The molecule has 0 aliphatic carbocycles. The molecule has 1 rings (SSSR count). The van der Waals surface area contributed by atoms with E-state index in [1.807, 2.05) is 19.9 Å². The fourth-order valence-electron chi connectivity index (χ4n) is 1.65. The van der Waals surface area contributed by atoms with Gasteiger partial charge >= 0.3 is 0 Å². The van der Waals surface area contributed by atoms with Crippen LogP contribution >= 0.6 is 0 Å². The number of rotatable bonds is 8. The lowest BCUT2D eigenvalue weighted by molar-refractivity contribution is 0.339. The highest BCUT2D eigenvalue weighted by Gasteiger charge is 2.09. The molecule has 0 aromatic carbocycles. The zero-order valence-electron chi connectivity index (χ0n) is 11.5. The van der Waals surface area contributed by atoms with E-state index >= 15 is 0 Å². The predicted molar refractivity (Wildman–Crippen MR) is 76.0 cm³/mol. The Hall–Kier alpha value is -1.14. The SMILES string of the molecule is CCCS(=O)(=O)CCOc1ccc(CC(C)N)nc1. The summed E-state index contributed by atoms with van der Waals surface area (Å²) >= 11 is 0. The summed E-state index contributed by atoms with van der Waals surface area (Å²) in [6.45, 7) is 3.93. The van der Waals surface area contributed by atoms with Crippen LogP contribution in [0.5, 0.6) is 5.75 Å². The summed E-state index contributed by atoms with van der Waals surface area (Å²) in [5.41, 5.74) is 6.58. The molecule has 0 fully saturated rings. The molecule has 1 unspecified atom stereocenters. The summed E-state index contributed by atoms with van der Waals surface area (Å²) in [6.07, 6.45) is 2.95. The van der Waals surface area contributed by atoms with Gasteiger partial charge in [-0.15, -0.1) is 0 Å². The van der Waals surface area contributed by atoms with E-state index in [1.165, 1.54) is 0 Å². The molecule has 1 aromatic heterocycles. The molecule has 1 aromatic rings. The maximum absolute atomic E-state index is 11.5. The van der Waals surface area contributed by atoms with Crippen LogP contribution in [0.2, 0.25) is 0 Å². The number of sulfone groups is 1. The summed E-state index contributed by atoms with van der Waals surface area (Å²) in [5.74, 6) is 0.838. The van der Waals surface area contributed by atoms with Gasteiger partial charge in [-0.05, 0) is 25.5 Å². The fraction of sp³-hybridized carbons (Fsp3) is 0.615. The molecule has 0 bridgehead atoms. The highest BCUT2D eigenvalue weighted by Crippen LogP contribution is 2.10. The summed E-state index contributed by atoms with van der Waals surface area (Å²) < 4.78 is 28.3. The molecular weight excluding hydrogens is 264 g/mol.